The van der Waals surface area contributed by atoms with Crippen LogP contribution in [0.25, 0.3) is 0 Å². The van der Waals surface area contributed by atoms with E-state index in [-0.39, 0.29) is 5.82 Å². The van der Waals surface area contributed by atoms with Crippen molar-refractivity contribution in [2.75, 3.05) is 26.2 Å². The summed E-state index contributed by atoms with van der Waals surface area (Å²) >= 11 is 0. The van der Waals surface area contributed by atoms with Crippen LogP contribution in [-0.2, 0) is 6.42 Å². The number of benzene rings is 2. The molecule has 1 saturated heterocycles. The van der Waals surface area contributed by atoms with Gasteiger partial charge in [-0.05, 0) is 62.0 Å². The molecule has 3 heteroatoms. The minimum atomic E-state index is -0.339. The SMILES string of the molecule is Fc1c[c]ccc1OCCN1CCC(Cc2ccccc2)CC1. The minimum absolute atomic E-state index is 0.322. The van der Waals surface area contributed by atoms with Gasteiger partial charge in [-0.25, -0.2) is 4.39 Å². The summed E-state index contributed by atoms with van der Waals surface area (Å²) in [5.74, 6) is 0.758. The van der Waals surface area contributed by atoms with Crippen LogP contribution < -0.4 is 4.74 Å². The molecule has 0 unspecified atom stereocenters. The van der Waals surface area contributed by atoms with Crippen LogP contribution in [0.15, 0.2) is 48.5 Å². The summed E-state index contributed by atoms with van der Waals surface area (Å²) in [6.45, 7) is 3.60. The van der Waals surface area contributed by atoms with E-state index < -0.39 is 0 Å². The summed E-state index contributed by atoms with van der Waals surface area (Å²) in [5.41, 5.74) is 1.44. The minimum Gasteiger partial charge on any atom is -0.489 e. The molecule has 0 spiro atoms. The Kier molecular flexibility index (Phi) is 5.65. The van der Waals surface area contributed by atoms with Gasteiger partial charge in [-0.3, -0.25) is 4.90 Å². The molecule has 0 N–H and O–H groups in total. The van der Waals surface area contributed by atoms with Gasteiger partial charge in [0, 0.05) is 6.54 Å². The molecular weight excluding hydrogens is 289 g/mol. The Labute approximate surface area is 137 Å². The van der Waals surface area contributed by atoms with Gasteiger partial charge in [0.25, 0.3) is 0 Å². The molecule has 23 heavy (non-hydrogen) atoms. The van der Waals surface area contributed by atoms with Crippen LogP contribution in [0.3, 0.4) is 0 Å². The van der Waals surface area contributed by atoms with Gasteiger partial charge >= 0.3 is 0 Å². The van der Waals surface area contributed by atoms with Crippen molar-refractivity contribution in [3.05, 3.63) is 66.0 Å². The Morgan fingerprint density at radius 3 is 2.65 bits per heavy atom. The van der Waals surface area contributed by atoms with Crippen molar-refractivity contribution >= 4 is 0 Å². The van der Waals surface area contributed by atoms with Crippen molar-refractivity contribution < 1.29 is 9.13 Å². The number of rotatable bonds is 6. The first kappa shape index (κ1) is 16.0. The van der Waals surface area contributed by atoms with E-state index in [1.54, 1.807) is 12.1 Å². The maximum Gasteiger partial charge on any atom is 0.165 e. The van der Waals surface area contributed by atoms with Gasteiger partial charge in [0.05, 0.1) is 0 Å². The van der Waals surface area contributed by atoms with E-state index in [0.717, 1.165) is 25.6 Å². The zero-order valence-electron chi connectivity index (χ0n) is 13.4. The van der Waals surface area contributed by atoms with Crippen molar-refractivity contribution in [1.29, 1.82) is 0 Å². The van der Waals surface area contributed by atoms with Crippen LogP contribution in [0.2, 0.25) is 0 Å². The molecule has 0 bridgehead atoms. The quantitative estimate of drug-likeness (QED) is 0.800. The second-order valence-electron chi connectivity index (χ2n) is 6.18. The van der Waals surface area contributed by atoms with E-state index in [1.807, 2.05) is 0 Å². The molecule has 1 aliphatic heterocycles. The number of hydrogen-bond donors (Lipinski definition) is 0. The fourth-order valence-corrected chi connectivity index (χ4v) is 3.16. The first-order valence-electron chi connectivity index (χ1n) is 8.36. The van der Waals surface area contributed by atoms with E-state index >= 15 is 0 Å². The van der Waals surface area contributed by atoms with Gasteiger partial charge in [-0.1, -0.05) is 36.4 Å². The molecule has 2 nitrogen and oxygen atoms in total. The Balaban J connectivity index is 1.37. The number of piperidine rings is 1. The van der Waals surface area contributed by atoms with Crippen molar-refractivity contribution in [3.8, 4) is 5.75 Å². The van der Waals surface area contributed by atoms with Crippen molar-refractivity contribution in [2.24, 2.45) is 5.92 Å². The first-order valence-corrected chi connectivity index (χ1v) is 8.36. The number of likely N-dealkylation sites (tertiary alicyclic amines) is 1. The average molecular weight is 312 g/mol. The monoisotopic (exact) mass is 312 g/mol. The van der Waals surface area contributed by atoms with E-state index in [4.69, 9.17) is 4.74 Å². The highest BCUT2D eigenvalue weighted by Crippen LogP contribution is 2.21. The molecule has 1 aliphatic rings. The molecule has 121 valence electrons. The lowest BCUT2D eigenvalue weighted by Crippen LogP contribution is -2.37. The number of halogens is 1. The van der Waals surface area contributed by atoms with E-state index in [0.29, 0.717) is 12.4 Å². The maximum absolute atomic E-state index is 13.4. The lowest BCUT2D eigenvalue weighted by molar-refractivity contribution is 0.153. The van der Waals surface area contributed by atoms with Crippen LogP contribution in [-0.4, -0.2) is 31.1 Å². The largest absolute Gasteiger partial charge is 0.489 e. The van der Waals surface area contributed by atoms with Gasteiger partial charge < -0.3 is 4.74 Å². The highest BCUT2D eigenvalue weighted by molar-refractivity contribution is 5.22. The number of hydrogen-bond acceptors (Lipinski definition) is 2. The molecule has 0 aliphatic carbocycles. The predicted octanol–water partition coefficient (Wildman–Crippen LogP) is 3.96. The molecule has 2 aromatic carbocycles. The summed E-state index contributed by atoms with van der Waals surface area (Å²) < 4.78 is 19.0. The number of nitrogens with zero attached hydrogens (tertiary/aromatic N) is 1. The van der Waals surface area contributed by atoms with Crippen LogP contribution in [0.5, 0.6) is 5.75 Å². The lowest BCUT2D eigenvalue weighted by atomic mass is 9.90. The summed E-state index contributed by atoms with van der Waals surface area (Å²) in [7, 11) is 0. The molecule has 2 aromatic rings. The molecule has 0 saturated carbocycles. The summed E-state index contributed by atoms with van der Waals surface area (Å²) in [5, 5.41) is 0. The maximum atomic E-state index is 13.4. The standard InChI is InChI=1S/C20H23FNO/c21-19-8-4-5-9-20(19)23-15-14-22-12-10-18(11-13-22)16-17-6-2-1-3-7-17/h1-3,5-9,18H,10-16H2. The van der Waals surface area contributed by atoms with Gasteiger partial charge in [0.2, 0.25) is 0 Å². The molecule has 1 radical (unpaired) electrons. The zero-order valence-corrected chi connectivity index (χ0v) is 13.4. The Morgan fingerprint density at radius 1 is 1.13 bits per heavy atom. The average Bonchev–Trinajstić information content (AvgIpc) is 2.59. The Hall–Kier alpha value is -1.87. The van der Waals surface area contributed by atoms with Crippen molar-refractivity contribution in [3.63, 3.8) is 0 Å². The highest BCUT2D eigenvalue weighted by Gasteiger charge is 2.19. The molecule has 0 atom stereocenters. The third kappa shape index (κ3) is 4.80. The normalized spacial score (nSPS) is 16.4. The van der Waals surface area contributed by atoms with Gasteiger partial charge in [0.1, 0.15) is 6.61 Å². The molecule has 1 fully saturated rings. The molecule has 0 amide bonds. The predicted molar refractivity (Wildman–Crippen MR) is 90.0 cm³/mol. The smallest absolute Gasteiger partial charge is 0.165 e. The summed E-state index contributed by atoms with van der Waals surface area (Å²) in [6.07, 6.45) is 3.63. The van der Waals surface area contributed by atoms with Crippen molar-refractivity contribution in [2.45, 2.75) is 19.3 Å². The van der Waals surface area contributed by atoms with E-state index in [9.17, 15) is 4.39 Å². The third-order valence-electron chi connectivity index (χ3n) is 4.52. The Morgan fingerprint density at radius 2 is 1.91 bits per heavy atom. The van der Waals surface area contributed by atoms with Gasteiger partial charge in [0.15, 0.2) is 11.6 Å². The Bertz CT molecular complexity index is 594. The zero-order chi connectivity index (χ0) is 15.9. The second-order valence-corrected chi connectivity index (χ2v) is 6.18. The van der Waals surface area contributed by atoms with Crippen LogP contribution >= 0.6 is 0 Å². The topological polar surface area (TPSA) is 12.5 Å². The molecule has 3 rings (SSSR count). The molecular formula is C20H23FNO. The molecule has 1 heterocycles. The summed E-state index contributed by atoms with van der Waals surface area (Å²) in [6, 6.07) is 18.0. The van der Waals surface area contributed by atoms with Crippen LogP contribution in [0.1, 0.15) is 18.4 Å². The highest BCUT2D eigenvalue weighted by atomic mass is 19.1. The van der Waals surface area contributed by atoms with Crippen LogP contribution in [0.4, 0.5) is 4.39 Å². The van der Waals surface area contributed by atoms with Crippen molar-refractivity contribution in [1.82, 2.24) is 4.90 Å². The van der Waals surface area contributed by atoms with E-state index in [2.05, 4.69) is 41.3 Å². The lowest BCUT2D eigenvalue weighted by Gasteiger charge is -2.31. The molecule has 0 aromatic heterocycles. The van der Waals surface area contributed by atoms with E-state index in [1.165, 1.54) is 30.9 Å². The first-order chi connectivity index (χ1) is 11.3. The fourth-order valence-electron chi connectivity index (χ4n) is 3.16. The third-order valence-corrected chi connectivity index (χ3v) is 4.52. The van der Waals surface area contributed by atoms with Gasteiger partial charge in [-0.15, -0.1) is 0 Å². The summed E-state index contributed by atoms with van der Waals surface area (Å²) in [4.78, 5) is 2.41. The number of ether oxygens (including phenoxy) is 1. The van der Waals surface area contributed by atoms with Crippen LogP contribution in [0, 0.1) is 17.8 Å². The fraction of sp³-hybridized carbons (Fsp3) is 0.400. The second kappa shape index (κ2) is 8.11. The van der Waals surface area contributed by atoms with Gasteiger partial charge in [-0.2, -0.15) is 0 Å².